The Morgan fingerprint density at radius 1 is 1.29 bits per heavy atom. The monoisotopic (exact) mass is 384 g/mol. The summed E-state index contributed by atoms with van der Waals surface area (Å²) in [6.45, 7) is 3.09. The summed E-state index contributed by atoms with van der Waals surface area (Å²) in [5.41, 5.74) is -0.212. The van der Waals surface area contributed by atoms with E-state index in [0.29, 0.717) is 13.1 Å². The Morgan fingerprint density at radius 2 is 2.00 bits per heavy atom. The van der Waals surface area contributed by atoms with Gasteiger partial charge in [0.05, 0.1) is 30.0 Å². The van der Waals surface area contributed by atoms with Crippen LogP contribution in [0.25, 0.3) is 0 Å². The molecule has 28 heavy (non-hydrogen) atoms. The lowest BCUT2D eigenvalue weighted by Crippen LogP contribution is -2.51. The maximum absolute atomic E-state index is 13.4. The highest BCUT2D eigenvalue weighted by molar-refractivity contribution is 5.93. The molecule has 3 heterocycles. The van der Waals surface area contributed by atoms with Crippen molar-refractivity contribution in [2.75, 3.05) is 13.1 Å². The van der Waals surface area contributed by atoms with Crippen LogP contribution in [0.15, 0.2) is 36.4 Å². The molecule has 4 aliphatic rings. The highest BCUT2D eigenvalue weighted by Gasteiger charge is 2.66. The second-order valence-electron chi connectivity index (χ2n) is 8.54. The largest absolute Gasteiger partial charge is 0.360 e. The van der Waals surface area contributed by atoms with Crippen LogP contribution in [0.1, 0.15) is 38.2 Å². The lowest BCUT2D eigenvalue weighted by molar-refractivity contribution is -0.138. The van der Waals surface area contributed by atoms with E-state index >= 15 is 0 Å². The van der Waals surface area contributed by atoms with Crippen LogP contribution in [0.4, 0.5) is 4.39 Å². The van der Waals surface area contributed by atoms with E-state index in [2.05, 4.69) is 5.32 Å². The van der Waals surface area contributed by atoms with Crippen LogP contribution < -0.4 is 5.32 Å². The molecule has 1 aliphatic carbocycles. The van der Waals surface area contributed by atoms with Crippen LogP contribution in [0.2, 0.25) is 0 Å². The summed E-state index contributed by atoms with van der Waals surface area (Å²) in [5, 5.41) is 3.27. The van der Waals surface area contributed by atoms with Crippen molar-refractivity contribution in [3.63, 3.8) is 0 Å². The zero-order valence-corrected chi connectivity index (χ0v) is 16.0. The van der Waals surface area contributed by atoms with Crippen molar-refractivity contribution in [1.29, 1.82) is 0 Å². The molecule has 6 heteroatoms. The lowest BCUT2D eigenvalue weighted by atomic mass is 9.76. The second-order valence-corrected chi connectivity index (χ2v) is 8.54. The minimum atomic E-state index is -0.654. The quantitative estimate of drug-likeness (QED) is 0.812. The van der Waals surface area contributed by atoms with Gasteiger partial charge in [-0.05, 0) is 37.5 Å². The van der Waals surface area contributed by atoms with Crippen LogP contribution in [-0.2, 0) is 19.9 Å². The Balaban J connectivity index is 1.44. The van der Waals surface area contributed by atoms with Gasteiger partial charge in [0.25, 0.3) is 0 Å². The summed E-state index contributed by atoms with van der Waals surface area (Å²) < 4.78 is 19.6. The summed E-state index contributed by atoms with van der Waals surface area (Å²) in [7, 11) is 0. The topological polar surface area (TPSA) is 58.6 Å². The van der Waals surface area contributed by atoms with Crippen molar-refractivity contribution >= 4 is 11.8 Å². The van der Waals surface area contributed by atoms with Crippen LogP contribution >= 0.6 is 0 Å². The standard InChI is InChI=1S/C22H25FN2O3/c1-2-25-13-22-12-9-16(28-22)17(18(22)20(25)27)19(26)24-21(10-3-4-11-21)14-5-7-15(23)8-6-14/h5-9,12,16-18H,2-4,10-11,13H2,1H3,(H,24,26)/t16-,17+,18+,22-/m1/s1. The number of likely N-dealkylation sites (tertiary alicyclic amines) is 1. The number of rotatable bonds is 4. The first kappa shape index (κ1) is 17.9. The summed E-state index contributed by atoms with van der Waals surface area (Å²) in [6, 6.07) is 6.41. The van der Waals surface area contributed by atoms with E-state index in [0.717, 1.165) is 31.2 Å². The molecule has 4 atom stereocenters. The third kappa shape index (κ3) is 2.40. The van der Waals surface area contributed by atoms with Gasteiger partial charge in [0.15, 0.2) is 0 Å². The number of halogens is 1. The number of nitrogens with one attached hydrogen (secondary N) is 1. The average molecular weight is 384 g/mol. The van der Waals surface area contributed by atoms with E-state index in [1.54, 1.807) is 17.0 Å². The molecule has 2 bridgehead atoms. The molecule has 1 N–H and O–H groups in total. The Bertz CT molecular complexity index is 846. The molecule has 0 unspecified atom stereocenters. The number of carbonyl (C=O) groups is 2. The van der Waals surface area contributed by atoms with Crippen molar-refractivity contribution in [1.82, 2.24) is 10.2 Å². The molecule has 1 spiro atoms. The van der Waals surface area contributed by atoms with Gasteiger partial charge in [-0.1, -0.05) is 37.1 Å². The Morgan fingerprint density at radius 3 is 2.68 bits per heavy atom. The molecule has 1 aromatic rings. The van der Waals surface area contributed by atoms with Crippen LogP contribution in [0.5, 0.6) is 0 Å². The van der Waals surface area contributed by atoms with Crippen LogP contribution in [-0.4, -0.2) is 41.5 Å². The molecule has 0 radical (unpaired) electrons. The second kappa shape index (κ2) is 6.14. The minimum Gasteiger partial charge on any atom is -0.360 e. The first-order chi connectivity index (χ1) is 13.5. The van der Waals surface area contributed by atoms with E-state index in [4.69, 9.17) is 4.74 Å². The fraction of sp³-hybridized carbons (Fsp3) is 0.545. The molecular weight excluding hydrogens is 359 g/mol. The van der Waals surface area contributed by atoms with Crippen LogP contribution in [0, 0.1) is 17.7 Å². The average Bonchev–Trinajstić information content (AvgIpc) is 3.44. The minimum absolute atomic E-state index is 0.0109. The smallest absolute Gasteiger partial charge is 0.230 e. The number of likely N-dealkylation sites (N-methyl/N-ethyl adjacent to an activating group) is 1. The first-order valence-electron chi connectivity index (χ1n) is 10.2. The number of nitrogens with zero attached hydrogens (tertiary/aromatic N) is 1. The highest BCUT2D eigenvalue weighted by Crippen LogP contribution is 2.52. The molecular formula is C22H25FN2O3. The predicted molar refractivity (Wildman–Crippen MR) is 101 cm³/mol. The summed E-state index contributed by atoms with van der Waals surface area (Å²) in [6.07, 6.45) is 7.24. The van der Waals surface area contributed by atoms with Crippen molar-refractivity contribution in [3.8, 4) is 0 Å². The maximum atomic E-state index is 13.4. The van der Waals surface area contributed by atoms with Gasteiger partial charge in [-0.3, -0.25) is 9.59 Å². The Kier molecular flexibility index (Phi) is 3.92. The number of carbonyl (C=O) groups excluding carboxylic acids is 2. The molecule has 148 valence electrons. The molecule has 5 rings (SSSR count). The molecule has 2 saturated heterocycles. The van der Waals surface area contributed by atoms with Crippen molar-refractivity contribution < 1.29 is 18.7 Å². The predicted octanol–water partition coefficient (Wildman–Crippen LogP) is 2.51. The zero-order valence-electron chi connectivity index (χ0n) is 16.0. The van der Waals surface area contributed by atoms with Gasteiger partial charge >= 0.3 is 0 Å². The third-order valence-electron chi connectivity index (χ3n) is 7.08. The molecule has 1 saturated carbocycles. The molecule has 5 nitrogen and oxygen atoms in total. The number of fused-ring (bicyclic) bond motifs is 1. The summed E-state index contributed by atoms with van der Waals surface area (Å²) in [4.78, 5) is 28.2. The molecule has 0 aromatic heterocycles. The first-order valence-corrected chi connectivity index (χ1v) is 10.2. The third-order valence-corrected chi connectivity index (χ3v) is 7.08. The maximum Gasteiger partial charge on any atom is 0.230 e. The number of benzene rings is 1. The number of hydrogen-bond acceptors (Lipinski definition) is 3. The van der Waals surface area contributed by atoms with E-state index < -0.39 is 23.0 Å². The van der Waals surface area contributed by atoms with Gasteiger partial charge in [-0.25, -0.2) is 4.39 Å². The van der Waals surface area contributed by atoms with Crippen molar-refractivity contribution in [2.24, 2.45) is 11.8 Å². The van der Waals surface area contributed by atoms with E-state index in [1.807, 2.05) is 19.1 Å². The van der Waals surface area contributed by atoms with Gasteiger partial charge in [0.1, 0.15) is 11.4 Å². The molecule has 1 aromatic carbocycles. The fourth-order valence-electron chi connectivity index (χ4n) is 5.70. The lowest BCUT2D eigenvalue weighted by Gasteiger charge is -2.34. The fourth-order valence-corrected chi connectivity index (χ4v) is 5.70. The zero-order chi connectivity index (χ0) is 19.5. The normalized spacial score (nSPS) is 34.9. The number of hydrogen-bond donors (Lipinski definition) is 1. The number of amides is 2. The summed E-state index contributed by atoms with van der Waals surface area (Å²) in [5.74, 6) is -1.36. The van der Waals surface area contributed by atoms with Crippen LogP contribution in [0.3, 0.4) is 0 Å². The highest BCUT2D eigenvalue weighted by atomic mass is 19.1. The van der Waals surface area contributed by atoms with E-state index in [9.17, 15) is 14.0 Å². The molecule has 3 fully saturated rings. The SMILES string of the molecule is CCN1C[C@@]23C=C[C@@H](O2)[C@H](C(=O)NC2(c4ccc(F)cc4)CCCC2)[C@H]3C1=O. The van der Waals surface area contributed by atoms with Gasteiger partial charge in [-0.15, -0.1) is 0 Å². The van der Waals surface area contributed by atoms with Gasteiger partial charge < -0.3 is 15.0 Å². The van der Waals surface area contributed by atoms with Gasteiger partial charge in [-0.2, -0.15) is 0 Å². The van der Waals surface area contributed by atoms with Crippen molar-refractivity contribution in [2.45, 2.75) is 49.9 Å². The Hall–Kier alpha value is -2.21. The van der Waals surface area contributed by atoms with E-state index in [1.165, 1.54) is 12.1 Å². The number of ether oxygens (including phenoxy) is 1. The van der Waals surface area contributed by atoms with Crippen molar-refractivity contribution in [3.05, 3.63) is 47.8 Å². The molecule has 3 aliphatic heterocycles. The Labute approximate surface area is 163 Å². The van der Waals surface area contributed by atoms with Gasteiger partial charge in [0.2, 0.25) is 11.8 Å². The summed E-state index contributed by atoms with van der Waals surface area (Å²) >= 11 is 0. The van der Waals surface area contributed by atoms with E-state index in [-0.39, 0.29) is 23.7 Å². The molecule has 2 amide bonds. The van der Waals surface area contributed by atoms with Gasteiger partial charge in [0, 0.05) is 6.54 Å².